The molecule has 0 bridgehead atoms. The molecule has 1 atom stereocenters. The van der Waals surface area contributed by atoms with Crippen molar-refractivity contribution in [3.8, 4) is 0 Å². The Labute approximate surface area is 131 Å². The maximum absolute atomic E-state index is 4.76. The van der Waals surface area contributed by atoms with Crippen molar-refractivity contribution in [2.75, 3.05) is 7.05 Å². The average Bonchev–Trinajstić information content (AvgIpc) is 3.04. The Morgan fingerprint density at radius 1 is 1.29 bits per heavy atom. The molecule has 2 aromatic heterocycles. The van der Waals surface area contributed by atoms with E-state index in [-0.39, 0.29) is 0 Å². The van der Waals surface area contributed by atoms with Gasteiger partial charge in [-0.05, 0) is 39.8 Å². The van der Waals surface area contributed by atoms with E-state index in [2.05, 4.69) is 54.9 Å². The number of aryl methyl sites for hydroxylation is 2. The van der Waals surface area contributed by atoms with Gasteiger partial charge in [-0.2, -0.15) is 5.10 Å². The summed E-state index contributed by atoms with van der Waals surface area (Å²) in [4.78, 5) is 5.86. The summed E-state index contributed by atoms with van der Waals surface area (Å²) >= 11 is 1.78. The van der Waals surface area contributed by atoms with Crippen LogP contribution >= 0.6 is 11.3 Å². The second-order valence-electron chi connectivity index (χ2n) is 5.49. The van der Waals surface area contributed by atoms with Crippen molar-refractivity contribution in [3.63, 3.8) is 0 Å². The van der Waals surface area contributed by atoms with E-state index in [1.807, 2.05) is 7.05 Å². The van der Waals surface area contributed by atoms with Gasteiger partial charge in [0.15, 0.2) is 0 Å². The number of thiazole rings is 1. The molecule has 0 aliphatic heterocycles. The van der Waals surface area contributed by atoms with Crippen LogP contribution in [0.1, 0.15) is 60.0 Å². The highest BCUT2D eigenvalue weighted by Crippen LogP contribution is 2.27. The zero-order valence-corrected chi connectivity index (χ0v) is 14.5. The highest BCUT2D eigenvalue weighted by molar-refractivity contribution is 7.11. The fraction of sp³-hybridized carbons (Fsp3) is 0.625. The molecule has 4 nitrogen and oxygen atoms in total. The van der Waals surface area contributed by atoms with Gasteiger partial charge in [-0.15, -0.1) is 11.3 Å². The molecule has 0 saturated carbocycles. The first kappa shape index (κ1) is 16.2. The minimum Gasteiger partial charge on any atom is -0.312 e. The standard InChI is InChI=1S/C16H26N4S/c1-6-14(7-2)20-9-8-13(19-20)10-15(17-5)16-11(3)18-12(4)21-16/h8-9,14-15,17H,6-7,10H2,1-5H3. The molecule has 0 amide bonds. The summed E-state index contributed by atoms with van der Waals surface area (Å²) in [5.74, 6) is 0. The summed E-state index contributed by atoms with van der Waals surface area (Å²) in [6.45, 7) is 8.59. The Morgan fingerprint density at radius 2 is 2.00 bits per heavy atom. The van der Waals surface area contributed by atoms with E-state index in [0.717, 1.165) is 35.7 Å². The average molecular weight is 306 g/mol. The van der Waals surface area contributed by atoms with Gasteiger partial charge in [-0.25, -0.2) is 4.98 Å². The number of hydrogen-bond acceptors (Lipinski definition) is 4. The van der Waals surface area contributed by atoms with Crippen LogP contribution in [0.2, 0.25) is 0 Å². The predicted octanol–water partition coefficient (Wildman–Crippen LogP) is 3.82. The highest BCUT2D eigenvalue weighted by atomic mass is 32.1. The molecule has 1 unspecified atom stereocenters. The smallest absolute Gasteiger partial charge is 0.0900 e. The zero-order chi connectivity index (χ0) is 15.4. The summed E-state index contributed by atoms with van der Waals surface area (Å²) in [5.41, 5.74) is 2.28. The minimum absolute atomic E-state index is 0.293. The molecule has 0 aromatic carbocycles. The number of nitrogens with one attached hydrogen (secondary N) is 1. The lowest BCUT2D eigenvalue weighted by molar-refractivity contribution is 0.423. The van der Waals surface area contributed by atoms with Crippen molar-refractivity contribution in [1.29, 1.82) is 0 Å². The molecule has 0 saturated heterocycles. The van der Waals surface area contributed by atoms with Gasteiger partial charge in [-0.1, -0.05) is 13.8 Å². The van der Waals surface area contributed by atoms with Crippen molar-refractivity contribution in [3.05, 3.63) is 33.5 Å². The summed E-state index contributed by atoms with van der Waals surface area (Å²) in [6, 6.07) is 2.95. The summed E-state index contributed by atoms with van der Waals surface area (Å²) in [5, 5.41) is 9.30. The molecule has 0 aliphatic rings. The van der Waals surface area contributed by atoms with Crippen molar-refractivity contribution in [2.45, 2.75) is 59.0 Å². The lowest BCUT2D eigenvalue weighted by Gasteiger charge is -2.15. The van der Waals surface area contributed by atoms with Crippen LogP contribution in [0.3, 0.4) is 0 Å². The predicted molar refractivity (Wildman–Crippen MR) is 88.9 cm³/mol. The van der Waals surface area contributed by atoms with Gasteiger partial charge in [0, 0.05) is 23.5 Å². The molecule has 1 N–H and O–H groups in total. The number of rotatable bonds is 7. The monoisotopic (exact) mass is 306 g/mol. The molecular weight excluding hydrogens is 280 g/mol. The Bertz CT molecular complexity index is 569. The van der Waals surface area contributed by atoms with Crippen LogP contribution in [0.4, 0.5) is 0 Å². The van der Waals surface area contributed by atoms with Gasteiger partial charge in [-0.3, -0.25) is 4.68 Å². The maximum atomic E-state index is 4.76. The van der Waals surface area contributed by atoms with Gasteiger partial charge in [0.05, 0.1) is 22.4 Å². The highest BCUT2D eigenvalue weighted by Gasteiger charge is 2.18. The molecule has 5 heteroatoms. The summed E-state index contributed by atoms with van der Waals surface area (Å²) < 4.78 is 2.12. The fourth-order valence-electron chi connectivity index (χ4n) is 2.76. The van der Waals surface area contributed by atoms with Gasteiger partial charge < -0.3 is 5.32 Å². The SMILES string of the molecule is CCC(CC)n1ccc(CC(NC)c2sc(C)nc2C)n1. The van der Waals surface area contributed by atoms with Crippen LogP contribution in [-0.4, -0.2) is 21.8 Å². The molecule has 0 radical (unpaired) electrons. The summed E-state index contributed by atoms with van der Waals surface area (Å²) in [7, 11) is 2.01. The molecule has 0 aliphatic carbocycles. The zero-order valence-electron chi connectivity index (χ0n) is 13.7. The first-order valence-electron chi connectivity index (χ1n) is 7.74. The first-order chi connectivity index (χ1) is 10.1. The molecule has 2 rings (SSSR count). The largest absolute Gasteiger partial charge is 0.312 e. The maximum Gasteiger partial charge on any atom is 0.0900 e. The molecule has 0 fully saturated rings. The third kappa shape index (κ3) is 3.71. The van der Waals surface area contributed by atoms with E-state index in [4.69, 9.17) is 5.10 Å². The Hall–Kier alpha value is -1.20. The molecule has 2 aromatic rings. The van der Waals surface area contributed by atoms with Crippen LogP contribution in [0.5, 0.6) is 0 Å². The van der Waals surface area contributed by atoms with E-state index in [1.54, 1.807) is 11.3 Å². The topological polar surface area (TPSA) is 42.7 Å². The minimum atomic E-state index is 0.293. The second-order valence-corrected chi connectivity index (χ2v) is 6.72. The third-order valence-corrected chi connectivity index (χ3v) is 5.18. The van der Waals surface area contributed by atoms with E-state index in [9.17, 15) is 0 Å². The van der Waals surface area contributed by atoms with E-state index in [1.165, 1.54) is 4.88 Å². The normalized spacial score (nSPS) is 13.0. The van der Waals surface area contributed by atoms with Crippen molar-refractivity contribution in [1.82, 2.24) is 20.1 Å². The third-order valence-electron chi connectivity index (χ3n) is 4.00. The number of aromatic nitrogens is 3. The van der Waals surface area contributed by atoms with Crippen molar-refractivity contribution >= 4 is 11.3 Å². The lowest BCUT2D eigenvalue weighted by atomic mass is 10.1. The molecular formula is C16H26N4S. The fourth-order valence-corrected chi connectivity index (χ4v) is 3.80. The van der Waals surface area contributed by atoms with E-state index >= 15 is 0 Å². The van der Waals surface area contributed by atoms with Crippen molar-refractivity contribution < 1.29 is 0 Å². The van der Waals surface area contributed by atoms with Crippen LogP contribution < -0.4 is 5.32 Å². The van der Waals surface area contributed by atoms with Crippen LogP contribution in [0.15, 0.2) is 12.3 Å². The molecule has 0 spiro atoms. The number of hydrogen-bond donors (Lipinski definition) is 1. The van der Waals surface area contributed by atoms with Gasteiger partial charge in [0.1, 0.15) is 0 Å². The molecule has 116 valence electrons. The van der Waals surface area contributed by atoms with Crippen molar-refractivity contribution in [2.24, 2.45) is 0 Å². The number of nitrogens with zero attached hydrogens (tertiary/aromatic N) is 3. The number of likely N-dealkylation sites (N-methyl/N-ethyl adjacent to an activating group) is 1. The van der Waals surface area contributed by atoms with E-state index < -0.39 is 0 Å². The second kappa shape index (κ2) is 7.18. The quantitative estimate of drug-likeness (QED) is 0.845. The van der Waals surface area contributed by atoms with Gasteiger partial charge in [0.2, 0.25) is 0 Å². The van der Waals surface area contributed by atoms with Gasteiger partial charge in [0.25, 0.3) is 0 Å². The summed E-state index contributed by atoms with van der Waals surface area (Å²) in [6.07, 6.45) is 5.27. The van der Waals surface area contributed by atoms with Gasteiger partial charge >= 0.3 is 0 Å². The first-order valence-corrected chi connectivity index (χ1v) is 8.55. The Balaban J connectivity index is 2.14. The van der Waals surface area contributed by atoms with Crippen LogP contribution in [0.25, 0.3) is 0 Å². The van der Waals surface area contributed by atoms with Crippen LogP contribution in [0, 0.1) is 13.8 Å². The van der Waals surface area contributed by atoms with Crippen LogP contribution in [-0.2, 0) is 6.42 Å². The Morgan fingerprint density at radius 3 is 2.52 bits per heavy atom. The lowest BCUT2D eigenvalue weighted by Crippen LogP contribution is -2.19. The molecule has 2 heterocycles. The molecule has 21 heavy (non-hydrogen) atoms. The Kier molecular flexibility index (Phi) is 5.53. The van der Waals surface area contributed by atoms with E-state index in [0.29, 0.717) is 12.1 Å².